The predicted octanol–water partition coefficient (Wildman–Crippen LogP) is 0.824. The molecule has 0 atom stereocenters. The number of aromatic nitrogens is 2. The molecule has 6 heteroatoms. The monoisotopic (exact) mass is 241 g/mol. The molecule has 0 amide bonds. The van der Waals surface area contributed by atoms with Crippen LogP contribution in [-0.4, -0.2) is 35.1 Å². The average Bonchev–Trinajstić information content (AvgIpc) is 2.63. The molecule has 0 unspecified atom stereocenters. The number of ether oxygens (including phenoxy) is 2. The SMILES string of the molecule is COC(C)(C)CCOC(=O)Cn1cc(N)cn1. The fourth-order valence-electron chi connectivity index (χ4n) is 1.16. The van der Waals surface area contributed by atoms with Gasteiger partial charge in [0.1, 0.15) is 6.54 Å². The zero-order chi connectivity index (χ0) is 12.9. The molecular formula is C11H19N3O3. The lowest BCUT2D eigenvalue weighted by molar-refractivity contribution is -0.146. The Hall–Kier alpha value is -1.56. The van der Waals surface area contributed by atoms with Gasteiger partial charge in [0.15, 0.2) is 0 Å². The van der Waals surface area contributed by atoms with Crippen LogP contribution in [0.2, 0.25) is 0 Å². The molecule has 1 rings (SSSR count). The molecule has 1 heterocycles. The summed E-state index contributed by atoms with van der Waals surface area (Å²) in [7, 11) is 1.63. The number of rotatable bonds is 6. The quantitative estimate of drug-likeness (QED) is 0.746. The molecule has 96 valence electrons. The summed E-state index contributed by atoms with van der Waals surface area (Å²) < 4.78 is 11.7. The summed E-state index contributed by atoms with van der Waals surface area (Å²) in [4.78, 5) is 11.4. The second kappa shape index (κ2) is 5.67. The summed E-state index contributed by atoms with van der Waals surface area (Å²) in [5.74, 6) is -0.333. The molecule has 0 aromatic carbocycles. The molecule has 0 radical (unpaired) electrons. The number of anilines is 1. The number of hydrogen-bond donors (Lipinski definition) is 1. The van der Waals surface area contributed by atoms with Crippen molar-refractivity contribution in [2.75, 3.05) is 19.5 Å². The van der Waals surface area contributed by atoms with Crippen LogP contribution in [0.5, 0.6) is 0 Å². The second-order valence-electron chi connectivity index (χ2n) is 4.41. The zero-order valence-corrected chi connectivity index (χ0v) is 10.5. The highest BCUT2D eigenvalue weighted by Crippen LogP contribution is 2.12. The van der Waals surface area contributed by atoms with Crippen LogP contribution in [0, 0.1) is 0 Å². The van der Waals surface area contributed by atoms with Crippen LogP contribution in [0.4, 0.5) is 5.69 Å². The first kappa shape index (κ1) is 13.5. The van der Waals surface area contributed by atoms with E-state index in [1.165, 1.54) is 10.9 Å². The van der Waals surface area contributed by atoms with Gasteiger partial charge in [-0.15, -0.1) is 0 Å². The Morgan fingerprint density at radius 2 is 2.29 bits per heavy atom. The van der Waals surface area contributed by atoms with Crippen LogP contribution >= 0.6 is 0 Å². The summed E-state index contributed by atoms with van der Waals surface area (Å²) in [5, 5.41) is 3.89. The molecule has 0 bridgehead atoms. The largest absolute Gasteiger partial charge is 0.464 e. The summed E-state index contributed by atoms with van der Waals surface area (Å²) >= 11 is 0. The Kier molecular flexibility index (Phi) is 4.51. The maximum atomic E-state index is 11.4. The highest BCUT2D eigenvalue weighted by atomic mass is 16.5. The van der Waals surface area contributed by atoms with Gasteiger partial charge >= 0.3 is 5.97 Å². The van der Waals surface area contributed by atoms with E-state index in [9.17, 15) is 4.79 Å². The van der Waals surface area contributed by atoms with Gasteiger partial charge < -0.3 is 15.2 Å². The van der Waals surface area contributed by atoms with Crippen molar-refractivity contribution >= 4 is 11.7 Å². The fourth-order valence-corrected chi connectivity index (χ4v) is 1.16. The van der Waals surface area contributed by atoms with Crippen LogP contribution in [0.15, 0.2) is 12.4 Å². The van der Waals surface area contributed by atoms with E-state index in [0.29, 0.717) is 18.7 Å². The maximum Gasteiger partial charge on any atom is 0.327 e. The highest BCUT2D eigenvalue weighted by molar-refractivity contribution is 5.69. The molecule has 1 aromatic rings. The molecule has 2 N–H and O–H groups in total. The third kappa shape index (κ3) is 4.86. The highest BCUT2D eigenvalue weighted by Gasteiger charge is 2.17. The number of nitrogen functional groups attached to an aromatic ring is 1. The minimum Gasteiger partial charge on any atom is -0.464 e. The van der Waals surface area contributed by atoms with Crippen molar-refractivity contribution < 1.29 is 14.3 Å². The molecule has 0 spiro atoms. The van der Waals surface area contributed by atoms with Crippen LogP contribution in [0.1, 0.15) is 20.3 Å². The lowest BCUT2D eigenvalue weighted by Crippen LogP contribution is -2.26. The molecule has 0 aliphatic carbocycles. The van der Waals surface area contributed by atoms with Gasteiger partial charge in [-0.1, -0.05) is 0 Å². The van der Waals surface area contributed by atoms with Crippen LogP contribution < -0.4 is 5.73 Å². The standard InChI is InChI=1S/C11H19N3O3/c1-11(2,16-3)4-5-17-10(15)8-14-7-9(12)6-13-14/h6-7H,4-5,8,12H2,1-3H3. The lowest BCUT2D eigenvalue weighted by Gasteiger charge is -2.22. The van der Waals surface area contributed by atoms with Crippen LogP contribution in [-0.2, 0) is 20.8 Å². The van der Waals surface area contributed by atoms with E-state index in [1.54, 1.807) is 13.3 Å². The number of methoxy groups -OCH3 is 1. The van der Waals surface area contributed by atoms with E-state index >= 15 is 0 Å². The van der Waals surface area contributed by atoms with Gasteiger partial charge in [0.2, 0.25) is 0 Å². The van der Waals surface area contributed by atoms with Gasteiger partial charge in [0.25, 0.3) is 0 Å². The van der Waals surface area contributed by atoms with Crippen molar-refractivity contribution in [2.45, 2.75) is 32.4 Å². The minimum atomic E-state index is -0.333. The average molecular weight is 241 g/mol. The van der Waals surface area contributed by atoms with Gasteiger partial charge in [-0.3, -0.25) is 9.48 Å². The first-order chi connectivity index (χ1) is 7.93. The summed E-state index contributed by atoms with van der Waals surface area (Å²) in [5.41, 5.74) is 5.72. The van der Waals surface area contributed by atoms with E-state index in [0.717, 1.165) is 0 Å². The summed E-state index contributed by atoms with van der Waals surface area (Å²) in [6.07, 6.45) is 3.72. The van der Waals surface area contributed by atoms with E-state index in [4.69, 9.17) is 15.2 Å². The van der Waals surface area contributed by atoms with Gasteiger partial charge in [-0.25, -0.2) is 0 Å². The van der Waals surface area contributed by atoms with Crippen molar-refractivity contribution in [1.82, 2.24) is 9.78 Å². The summed E-state index contributed by atoms with van der Waals surface area (Å²) in [6, 6.07) is 0. The second-order valence-corrected chi connectivity index (χ2v) is 4.41. The first-order valence-corrected chi connectivity index (χ1v) is 5.42. The normalized spacial score (nSPS) is 11.5. The Labute approximate surface area is 101 Å². The number of hydrogen-bond acceptors (Lipinski definition) is 5. The molecule has 0 saturated heterocycles. The number of carbonyl (C=O) groups is 1. The fraction of sp³-hybridized carbons (Fsp3) is 0.636. The van der Waals surface area contributed by atoms with Crippen molar-refractivity contribution in [1.29, 1.82) is 0 Å². The molecule has 0 fully saturated rings. The first-order valence-electron chi connectivity index (χ1n) is 5.42. The number of nitrogens with two attached hydrogens (primary N) is 1. The number of nitrogens with zero attached hydrogens (tertiary/aromatic N) is 2. The molecule has 1 aromatic heterocycles. The van der Waals surface area contributed by atoms with Gasteiger partial charge in [-0.2, -0.15) is 5.10 Å². The topological polar surface area (TPSA) is 79.4 Å². The smallest absolute Gasteiger partial charge is 0.327 e. The Balaban J connectivity index is 2.27. The Morgan fingerprint density at radius 1 is 1.59 bits per heavy atom. The Bertz CT molecular complexity index is 374. The number of carbonyl (C=O) groups excluding carboxylic acids is 1. The molecule has 0 saturated carbocycles. The van der Waals surface area contributed by atoms with E-state index in [-0.39, 0.29) is 18.1 Å². The van der Waals surface area contributed by atoms with Gasteiger partial charge in [-0.05, 0) is 13.8 Å². The molecule has 17 heavy (non-hydrogen) atoms. The van der Waals surface area contributed by atoms with Crippen molar-refractivity contribution in [3.63, 3.8) is 0 Å². The molecule has 0 aliphatic rings. The Morgan fingerprint density at radius 3 is 2.82 bits per heavy atom. The van der Waals surface area contributed by atoms with E-state index in [1.807, 2.05) is 13.8 Å². The number of esters is 1. The summed E-state index contributed by atoms with van der Waals surface area (Å²) in [6.45, 7) is 4.28. The van der Waals surface area contributed by atoms with Crippen LogP contribution in [0.25, 0.3) is 0 Å². The third-order valence-corrected chi connectivity index (χ3v) is 2.46. The van der Waals surface area contributed by atoms with Gasteiger partial charge in [0, 0.05) is 19.7 Å². The van der Waals surface area contributed by atoms with E-state index in [2.05, 4.69) is 5.10 Å². The third-order valence-electron chi connectivity index (χ3n) is 2.46. The molecular weight excluding hydrogens is 222 g/mol. The van der Waals surface area contributed by atoms with E-state index < -0.39 is 0 Å². The minimum absolute atomic E-state index is 0.0740. The predicted molar refractivity (Wildman–Crippen MR) is 63.3 cm³/mol. The van der Waals surface area contributed by atoms with Crippen LogP contribution in [0.3, 0.4) is 0 Å². The lowest BCUT2D eigenvalue weighted by atomic mass is 10.1. The molecule has 0 aliphatic heterocycles. The zero-order valence-electron chi connectivity index (χ0n) is 10.5. The van der Waals surface area contributed by atoms with Gasteiger partial charge in [0.05, 0.1) is 24.1 Å². The maximum absolute atomic E-state index is 11.4. The van der Waals surface area contributed by atoms with Crippen molar-refractivity contribution in [3.8, 4) is 0 Å². The van der Waals surface area contributed by atoms with Crippen molar-refractivity contribution in [2.24, 2.45) is 0 Å². The molecule has 6 nitrogen and oxygen atoms in total. The van der Waals surface area contributed by atoms with Crippen molar-refractivity contribution in [3.05, 3.63) is 12.4 Å².